The molecule has 192 valence electrons. The molecule has 0 bridgehead atoms. The van der Waals surface area contributed by atoms with Crippen LogP contribution in [-0.4, -0.2) is 27.0 Å². The van der Waals surface area contributed by atoms with Gasteiger partial charge < -0.3 is 13.9 Å². The molecule has 0 fully saturated rings. The van der Waals surface area contributed by atoms with Crippen molar-refractivity contribution >= 4 is 18.2 Å². The fourth-order valence-electron chi connectivity index (χ4n) is 3.32. The summed E-state index contributed by atoms with van der Waals surface area (Å²) in [5.74, 6) is 0.897. The van der Waals surface area contributed by atoms with Crippen molar-refractivity contribution in [1.29, 1.82) is 0 Å². The van der Waals surface area contributed by atoms with E-state index in [0.717, 1.165) is 25.7 Å². The van der Waals surface area contributed by atoms with Crippen LogP contribution in [0.1, 0.15) is 79.2 Å². The highest BCUT2D eigenvalue weighted by molar-refractivity contribution is 7.71. The van der Waals surface area contributed by atoms with Crippen molar-refractivity contribution in [1.82, 2.24) is 9.78 Å². The highest BCUT2D eigenvalue weighted by Crippen LogP contribution is 2.23. The number of nitrogens with zero attached hydrogens (tertiary/aromatic N) is 2. The molecule has 1 aromatic carbocycles. The summed E-state index contributed by atoms with van der Waals surface area (Å²) in [7, 11) is 0. The minimum absolute atomic E-state index is 0.391. The minimum atomic E-state index is -1.07. The Hall–Kier alpha value is -2.67. The van der Waals surface area contributed by atoms with Crippen LogP contribution in [-0.2, 0) is 28.9 Å². The molecular formula is C28H40N2O4S. The van der Waals surface area contributed by atoms with Gasteiger partial charge in [0.25, 0.3) is 4.84 Å². The van der Waals surface area contributed by atoms with E-state index in [-0.39, 0.29) is 0 Å². The summed E-state index contributed by atoms with van der Waals surface area (Å²) in [5.41, 5.74) is 0.791. The van der Waals surface area contributed by atoms with Crippen molar-refractivity contribution in [2.24, 2.45) is 0 Å². The van der Waals surface area contributed by atoms with Crippen LogP contribution in [0.15, 0.2) is 52.5 Å². The molecule has 2 rings (SSSR count). The largest absolute Gasteiger partial charge is 0.476 e. The first-order valence-electron chi connectivity index (χ1n) is 12.3. The van der Waals surface area contributed by atoms with Gasteiger partial charge >= 0.3 is 5.97 Å². The van der Waals surface area contributed by atoms with E-state index >= 15 is 0 Å². The molecule has 7 heteroatoms. The van der Waals surface area contributed by atoms with Gasteiger partial charge in [0.2, 0.25) is 5.89 Å². The number of carbonyl (C=O) groups is 1. The molecule has 0 saturated carbocycles. The van der Waals surface area contributed by atoms with Crippen molar-refractivity contribution < 1.29 is 18.7 Å². The Labute approximate surface area is 215 Å². The summed E-state index contributed by atoms with van der Waals surface area (Å²) in [6, 6.07) is 7.79. The molecule has 0 radical (unpaired) electrons. The second-order valence-corrected chi connectivity index (χ2v) is 10.4. The zero-order chi connectivity index (χ0) is 26.1. The van der Waals surface area contributed by atoms with E-state index in [2.05, 4.69) is 30.3 Å². The minimum Gasteiger partial charge on any atom is -0.476 e. The molecule has 0 aliphatic heterocycles. The summed E-state index contributed by atoms with van der Waals surface area (Å²) >= 11 is 5.37. The summed E-state index contributed by atoms with van der Waals surface area (Å²) in [6.07, 6.45) is 10.8. The maximum absolute atomic E-state index is 12.4. The van der Waals surface area contributed by atoms with E-state index in [1.807, 2.05) is 52.0 Å². The number of hydrogen-bond donors (Lipinski definition) is 0. The van der Waals surface area contributed by atoms with Crippen LogP contribution >= 0.6 is 12.2 Å². The Morgan fingerprint density at radius 1 is 1.11 bits per heavy atom. The van der Waals surface area contributed by atoms with Crippen LogP contribution in [0.3, 0.4) is 0 Å². The average molecular weight is 501 g/mol. The highest BCUT2D eigenvalue weighted by atomic mass is 32.1. The number of carbonyl (C=O) groups excluding carboxylic acids is 1. The van der Waals surface area contributed by atoms with Crippen LogP contribution in [0, 0.1) is 4.84 Å². The molecule has 6 nitrogen and oxygen atoms in total. The van der Waals surface area contributed by atoms with E-state index in [1.165, 1.54) is 11.1 Å². The van der Waals surface area contributed by atoms with Crippen molar-refractivity contribution in [3.63, 3.8) is 0 Å². The molecule has 1 aromatic heterocycles. The predicted octanol–water partition coefficient (Wildman–Crippen LogP) is 7.18. The lowest BCUT2D eigenvalue weighted by Gasteiger charge is -2.29. The monoisotopic (exact) mass is 500 g/mol. The SMILES string of the molecule is C/C=C(\C/C=C\CC)Cn1nc(CCCc2ccc(OC(C)(C)C(=O)OC(C)(C)C)cc2)oc1=S. The molecule has 0 aliphatic carbocycles. The van der Waals surface area contributed by atoms with Gasteiger partial charge in [-0.1, -0.05) is 37.3 Å². The zero-order valence-electron chi connectivity index (χ0n) is 22.2. The normalized spacial score (nSPS) is 12.8. The second kappa shape index (κ2) is 12.9. The molecule has 0 N–H and O–H groups in total. The number of aryl methyl sites for hydroxylation is 2. The second-order valence-electron chi connectivity index (χ2n) is 10.1. The molecule has 0 unspecified atom stereocenters. The molecule has 0 aliphatic rings. The van der Waals surface area contributed by atoms with Crippen LogP contribution < -0.4 is 4.74 Å². The summed E-state index contributed by atoms with van der Waals surface area (Å²) in [5, 5.41) is 4.57. The van der Waals surface area contributed by atoms with Crippen LogP contribution in [0.4, 0.5) is 0 Å². The highest BCUT2D eigenvalue weighted by Gasteiger charge is 2.34. The fourth-order valence-corrected chi connectivity index (χ4v) is 3.52. The molecule has 0 atom stereocenters. The summed E-state index contributed by atoms with van der Waals surface area (Å²) in [4.78, 5) is 12.8. The maximum Gasteiger partial charge on any atom is 0.350 e. The summed E-state index contributed by atoms with van der Waals surface area (Å²) in [6.45, 7) is 13.8. The topological polar surface area (TPSA) is 66.5 Å². The molecule has 35 heavy (non-hydrogen) atoms. The Kier molecular flexibility index (Phi) is 10.5. The third-order valence-electron chi connectivity index (χ3n) is 5.23. The maximum atomic E-state index is 12.4. The number of aromatic nitrogens is 2. The quantitative estimate of drug-likeness (QED) is 0.175. The number of allylic oxidation sites excluding steroid dienone is 4. The van der Waals surface area contributed by atoms with E-state index in [9.17, 15) is 4.79 Å². The van der Waals surface area contributed by atoms with Gasteiger partial charge in [0.05, 0.1) is 6.54 Å². The van der Waals surface area contributed by atoms with Crippen molar-refractivity contribution in [2.45, 2.75) is 98.3 Å². The first-order valence-corrected chi connectivity index (χ1v) is 12.7. The van der Waals surface area contributed by atoms with E-state index in [0.29, 0.717) is 29.4 Å². The lowest BCUT2D eigenvalue weighted by Crippen LogP contribution is -2.43. The number of rotatable bonds is 12. The first kappa shape index (κ1) is 28.6. The van der Waals surface area contributed by atoms with Gasteiger partial charge in [0.1, 0.15) is 11.4 Å². The van der Waals surface area contributed by atoms with Crippen molar-refractivity contribution in [2.75, 3.05) is 0 Å². The van der Waals surface area contributed by atoms with Gasteiger partial charge in [0.15, 0.2) is 5.60 Å². The fraction of sp³-hybridized carbons (Fsp3) is 0.536. The lowest BCUT2D eigenvalue weighted by atomic mass is 10.1. The van der Waals surface area contributed by atoms with E-state index in [4.69, 9.17) is 26.1 Å². The number of benzene rings is 1. The molecular weight excluding hydrogens is 460 g/mol. The van der Waals surface area contributed by atoms with Gasteiger partial charge in [-0.2, -0.15) is 0 Å². The smallest absolute Gasteiger partial charge is 0.350 e. The number of esters is 1. The predicted molar refractivity (Wildman–Crippen MR) is 142 cm³/mol. The Morgan fingerprint density at radius 3 is 2.40 bits per heavy atom. The van der Waals surface area contributed by atoms with Gasteiger partial charge in [-0.05, 0) is 103 Å². The number of hydrogen-bond acceptors (Lipinski definition) is 6. The standard InChI is InChI=1S/C28H40N2O4S/c1-8-10-11-13-21(9-2)20-30-26(35)32-24(29-30)15-12-14-22-16-18-23(19-17-22)33-28(6,7)25(31)34-27(3,4)5/h9-11,16-19H,8,12-15,20H2,1-7H3/b11-10-,21-9+. The Balaban J connectivity index is 1.88. The molecule has 0 saturated heterocycles. The third kappa shape index (κ3) is 9.84. The Bertz CT molecular complexity index is 1070. The third-order valence-corrected chi connectivity index (χ3v) is 5.53. The van der Waals surface area contributed by atoms with Crippen LogP contribution in [0.2, 0.25) is 0 Å². The van der Waals surface area contributed by atoms with Gasteiger partial charge in [0, 0.05) is 6.42 Å². The van der Waals surface area contributed by atoms with Crippen molar-refractivity contribution in [3.05, 3.63) is 64.4 Å². The van der Waals surface area contributed by atoms with E-state index in [1.54, 1.807) is 18.5 Å². The van der Waals surface area contributed by atoms with Gasteiger partial charge in [-0.25, -0.2) is 9.48 Å². The van der Waals surface area contributed by atoms with Crippen LogP contribution in [0.5, 0.6) is 5.75 Å². The van der Waals surface area contributed by atoms with Crippen molar-refractivity contribution in [3.8, 4) is 5.75 Å². The average Bonchev–Trinajstić information content (AvgIpc) is 3.12. The van der Waals surface area contributed by atoms with E-state index < -0.39 is 17.2 Å². The molecule has 1 heterocycles. The zero-order valence-corrected chi connectivity index (χ0v) is 23.0. The Morgan fingerprint density at radius 2 is 1.80 bits per heavy atom. The van der Waals surface area contributed by atoms with Gasteiger partial charge in [-0.15, -0.1) is 5.10 Å². The molecule has 2 aromatic rings. The first-order chi connectivity index (χ1) is 16.4. The van der Waals surface area contributed by atoms with Gasteiger partial charge in [-0.3, -0.25) is 0 Å². The number of ether oxygens (including phenoxy) is 2. The lowest BCUT2D eigenvalue weighted by molar-refractivity contribution is -0.170. The molecule has 0 amide bonds. The van der Waals surface area contributed by atoms with Crippen LogP contribution in [0.25, 0.3) is 0 Å². The summed E-state index contributed by atoms with van der Waals surface area (Å²) < 4.78 is 18.8. The molecule has 0 spiro atoms.